The number of aliphatic hydroxyl groups is 1. The molecule has 2 aromatic carbocycles. The van der Waals surface area contributed by atoms with Crippen molar-refractivity contribution in [1.82, 2.24) is 5.32 Å². The fourth-order valence-electron chi connectivity index (χ4n) is 3.05. The minimum absolute atomic E-state index is 0.262. The van der Waals surface area contributed by atoms with Crippen molar-refractivity contribution in [2.24, 2.45) is 0 Å². The summed E-state index contributed by atoms with van der Waals surface area (Å²) in [7, 11) is 0. The Bertz CT molecular complexity index is 819. The Hall–Kier alpha value is -2.59. The smallest absolute Gasteiger partial charge is 0.287 e. The van der Waals surface area contributed by atoms with Gasteiger partial charge in [-0.3, -0.25) is 4.79 Å². The summed E-state index contributed by atoms with van der Waals surface area (Å²) in [4.78, 5) is 12.4. The topological polar surface area (TPSA) is 62.5 Å². The van der Waals surface area contributed by atoms with E-state index in [1.807, 2.05) is 48.5 Å². The zero-order valence-electron chi connectivity index (χ0n) is 11.8. The summed E-state index contributed by atoms with van der Waals surface area (Å²) < 4.78 is 5.57. The lowest BCUT2D eigenvalue weighted by molar-refractivity contribution is 0.0834. The number of nitrogens with one attached hydrogen (secondary N) is 1. The second-order valence-corrected chi connectivity index (χ2v) is 5.57. The molecule has 3 aromatic rings. The van der Waals surface area contributed by atoms with Gasteiger partial charge in [0.25, 0.3) is 5.91 Å². The highest BCUT2D eigenvalue weighted by Crippen LogP contribution is 2.31. The molecule has 22 heavy (non-hydrogen) atoms. The largest absolute Gasteiger partial charge is 0.451 e. The van der Waals surface area contributed by atoms with Crippen LogP contribution in [0, 0.1) is 0 Å². The van der Waals surface area contributed by atoms with Gasteiger partial charge in [0.2, 0.25) is 0 Å². The summed E-state index contributed by atoms with van der Waals surface area (Å²) in [6.07, 6.45) is -0.0490. The Balaban J connectivity index is 1.62. The van der Waals surface area contributed by atoms with Crippen LogP contribution in [0.2, 0.25) is 0 Å². The first-order chi connectivity index (χ1) is 10.7. The van der Waals surface area contributed by atoms with Crippen molar-refractivity contribution in [2.45, 2.75) is 18.6 Å². The summed E-state index contributed by atoms with van der Waals surface area (Å²) in [6, 6.07) is 16.6. The van der Waals surface area contributed by atoms with Crippen molar-refractivity contribution in [3.8, 4) is 0 Å². The van der Waals surface area contributed by atoms with Gasteiger partial charge in [0.1, 0.15) is 5.58 Å². The lowest BCUT2D eigenvalue weighted by atomic mass is 10.1. The van der Waals surface area contributed by atoms with Gasteiger partial charge in [0.05, 0.1) is 12.1 Å². The molecule has 0 unspecified atom stereocenters. The van der Waals surface area contributed by atoms with Crippen LogP contribution in [0.25, 0.3) is 11.0 Å². The maximum absolute atomic E-state index is 12.4. The molecular formula is C18H15NO3. The van der Waals surface area contributed by atoms with Crippen molar-refractivity contribution in [3.63, 3.8) is 0 Å². The number of hydrogen-bond acceptors (Lipinski definition) is 3. The van der Waals surface area contributed by atoms with Crippen LogP contribution in [0.3, 0.4) is 0 Å². The Labute approximate surface area is 127 Å². The average Bonchev–Trinajstić information content (AvgIpc) is 3.09. The Kier molecular flexibility index (Phi) is 2.98. The number of rotatable bonds is 2. The first-order valence-corrected chi connectivity index (χ1v) is 7.28. The average molecular weight is 293 g/mol. The fourth-order valence-corrected chi connectivity index (χ4v) is 3.05. The summed E-state index contributed by atoms with van der Waals surface area (Å²) in [6.45, 7) is 0. The van der Waals surface area contributed by atoms with E-state index >= 15 is 0 Å². The molecular weight excluding hydrogens is 278 g/mol. The highest BCUT2D eigenvalue weighted by Gasteiger charge is 2.32. The van der Waals surface area contributed by atoms with Crippen LogP contribution in [0.1, 0.15) is 27.7 Å². The fraction of sp³-hybridized carbons (Fsp3) is 0.167. The third-order valence-corrected chi connectivity index (χ3v) is 4.14. The predicted octanol–water partition coefficient (Wildman–Crippen LogP) is 2.82. The number of amides is 1. The number of carbonyl (C=O) groups is 1. The van der Waals surface area contributed by atoms with Crippen molar-refractivity contribution < 1.29 is 14.3 Å². The van der Waals surface area contributed by atoms with Crippen LogP contribution in [0.15, 0.2) is 59.0 Å². The molecule has 0 radical (unpaired) electrons. The van der Waals surface area contributed by atoms with Crippen molar-refractivity contribution in [2.75, 3.05) is 0 Å². The molecule has 0 aliphatic heterocycles. The minimum Gasteiger partial charge on any atom is -0.451 e. The van der Waals surface area contributed by atoms with Gasteiger partial charge in [-0.15, -0.1) is 0 Å². The number of fused-ring (bicyclic) bond motifs is 2. The quantitative estimate of drug-likeness (QED) is 0.763. The number of aliphatic hydroxyl groups excluding tert-OH is 1. The normalized spacial score (nSPS) is 20.0. The maximum atomic E-state index is 12.4. The van der Waals surface area contributed by atoms with Gasteiger partial charge in [-0.2, -0.15) is 0 Å². The van der Waals surface area contributed by atoms with E-state index in [4.69, 9.17) is 4.42 Å². The van der Waals surface area contributed by atoms with E-state index in [2.05, 4.69) is 5.32 Å². The van der Waals surface area contributed by atoms with Crippen LogP contribution in [-0.4, -0.2) is 17.1 Å². The van der Waals surface area contributed by atoms with E-state index in [0.717, 1.165) is 16.5 Å². The number of carbonyl (C=O) groups excluding carboxylic acids is 1. The van der Waals surface area contributed by atoms with Gasteiger partial charge in [-0.25, -0.2) is 0 Å². The van der Waals surface area contributed by atoms with E-state index in [0.29, 0.717) is 12.0 Å². The lowest BCUT2D eigenvalue weighted by Crippen LogP contribution is -2.33. The molecule has 1 aliphatic carbocycles. The summed E-state index contributed by atoms with van der Waals surface area (Å²) >= 11 is 0. The first-order valence-electron chi connectivity index (χ1n) is 7.28. The molecule has 1 aromatic heterocycles. The minimum atomic E-state index is -0.606. The van der Waals surface area contributed by atoms with E-state index < -0.39 is 12.1 Å². The summed E-state index contributed by atoms with van der Waals surface area (Å²) in [5, 5.41) is 14.0. The zero-order valence-corrected chi connectivity index (χ0v) is 11.8. The molecule has 110 valence electrons. The van der Waals surface area contributed by atoms with Gasteiger partial charge < -0.3 is 14.8 Å². The highest BCUT2D eigenvalue weighted by molar-refractivity contribution is 5.96. The van der Waals surface area contributed by atoms with Gasteiger partial charge in [0.15, 0.2) is 5.76 Å². The van der Waals surface area contributed by atoms with Crippen LogP contribution in [0.4, 0.5) is 0 Å². The monoisotopic (exact) mass is 293 g/mol. The Morgan fingerprint density at radius 3 is 2.77 bits per heavy atom. The standard InChI is InChI=1S/C18H15NO3/c20-14-9-11-5-1-3-7-13(11)17(14)19-18(21)16-10-12-6-2-4-8-15(12)22-16/h1-8,10,14,17,20H,9H2,(H,19,21)/t14-,17+/m1/s1. The van der Waals surface area contributed by atoms with Gasteiger partial charge >= 0.3 is 0 Å². The molecule has 2 N–H and O–H groups in total. The first kappa shape index (κ1) is 13.1. The zero-order chi connectivity index (χ0) is 15.1. The molecule has 4 nitrogen and oxygen atoms in total. The lowest BCUT2D eigenvalue weighted by Gasteiger charge is -2.17. The molecule has 1 amide bonds. The van der Waals surface area contributed by atoms with E-state index in [1.165, 1.54) is 0 Å². The number of furan rings is 1. The molecule has 0 spiro atoms. The Morgan fingerprint density at radius 1 is 1.14 bits per heavy atom. The third kappa shape index (κ3) is 2.09. The van der Waals surface area contributed by atoms with Gasteiger partial charge in [0, 0.05) is 11.8 Å². The summed E-state index contributed by atoms with van der Waals surface area (Å²) in [5.74, 6) is -0.0465. The Morgan fingerprint density at radius 2 is 1.91 bits per heavy atom. The molecule has 0 saturated carbocycles. The molecule has 4 heteroatoms. The van der Waals surface area contributed by atoms with Gasteiger partial charge in [-0.1, -0.05) is 42.5 Å². The van der Waals surface area contributed by atoms with Crippen molar-refractivity contribution >= 4 is 16.9 Å². The summed E-state index contributed by atoms with van der Waals surface area (Å²) in [5.41, 5.74) is 2.73. The SMILES string of the molecule is O=C(N[C@H]1c2ccccc2C[C@H]1O)c1cc2ccccc2o1. The third-order valence-electron chi connectivity index (χ3n) is 4.14. The molecule has 0 fully saturated rings. The second kappa shape index (κ2) is 5.00. The molecule has 1 aliphatic rings. The number of benzene rings is 2. The van der Waals surface area contributed by atoms with Crippen LogP contribution in [0.5, 0.6) is 0 Å². The van der Waals surface area contributed by atoms with Crippen LogP contribution in [-0.2, 0) is 6.42 Å². The molecule has 1 heterocycles. The van der Waals surface area contributed by atoms with E-state index in [-0.39, 0.29) is 11.7 Å². The van der Waals surface area contributed by atoms with E-state index in [9.17, 15) is 9.90 Å². The molecule has 0 saturated heterocycles. The number of hydrogen-bond donors (Lipinski definition) is 2. The van der Waals surface area contributed by atoms with Crippen LogP contribution < -0.4 is 5.32 Å². The predicted molar refractivity (Wildman–Crippen MR) is 82.6 cm³/mol. The van der Waals surface area contributed by atoms with Crippen LogP contribution >= 0.6 is 0 Å². The molecule has 4 rings (SSSR count). The van der Waals surface area contributed by atoms with Crippen molar-refractivity contribution in [1.29, 1.82) is 0 Å². The maximum Gasteiger partial charge on any atom is 0.287 e. The number of para-hydroxylation sites is 1. The molecule has 2 atom stereocenters. The van der Waals surface area contributed by atoms with Gasteiger partial charge in [-0.05, 0) is 23.3 Å². The van der Waals surface area contributed by atoms with Crippen molar-refractivity contribution in [3.05, 3.63) is 71.5 Å². The highest BCUT2D eigenvalue weighted by atomic mass is 16.3. The molecule has 0 bridgehead atoms. The van der Waals surface area contributed by atoms with E-state index in [1.54, 1.807) is 6.07 Å². The second-order valence-electron chi connectivity index (χ2n) is 5.57.